The van der Waals surface area contributed by atoms with Crippen LogP contribution >= 0.6 is 0 Å². The molecular weight excluding hydrogens is 436 g/mol. The van der Waals surface area contributed by atoms with Gasteiger partial charge in [-0.2, -0.15) is 5.10 Å². The van der Waals surface area contributed by atoms with E-state index in [1.165, 1.54) is 12.8 Å². The van der Waals surface area contributed by atoms with Gasteiger partial charge in [0.1, 0.15) is 17.4 Å². The highest BCUT2D eigenvalue weighted by molar-refractivity contribution is 5.78. The molecule has 1 aliphatic heterocycles. The number of nitrogens with zero attached hydrogens (tertiary/aromatic N) is 5. The molecule has 1 unspecified atom stereocenters. The first kappa shape index (κ1) is 24.3. The van der Waals surface area contributed by atoms with Crippen LogP contribution in [0.2, 0.25) is 0 Å². The Morgan fingerprint density at radius 1 is 1.17 bits per heavy atom. The molecule has 1 saturated heterocycles. The molecule has 7 nitrogen and oxygen atoms in total. The van der Waals surface area contributed by atoms with Crippen LogP contribution in [0.4, 0.5) is 17.3 Å². The number of allylic oxidation sites excluding steroid dienone is 1. The Kier molecular flexibility index (Phi) is 7.65. The molecule has 0 saturated carbocycles. The predicted octanol–water partition coefficient (Wildman–Crippen LogP) is 6.86. The van der Waals surface area contributed by atoms with Crippen molar-refractivity contribution in [3.63, 3.8) is 0 Å². The maximum Gasteiger partial charge on any atom is 0.177 e. The van der Waals surface area contributed by atoms with Gasteiger partial charge in [0.05, 0.1) is 11.4 Å². The molecule has 4 aromatic rings. The van der Waals surface area contributed by atoms with Crippen LogP contribution in [-0.2, 0) is 0 Å². The van der Waals surface area contributed by atoms with Gasteiger partial charge in [0.15, 0.2) is 5.65 Å². The number of imidazole rings is 1. The van der Waals surface area contributed by atoms with E-state index in [0.29, 0.717) is 6.04 Å². The van der Waals surface area contributed by atoms with E-state index in [4.69, 9.17) is 10.1 Å². The Bertz CT molecular complexity index is 1310. The van der Waals surface area contributed by atoms with Gasteiger partial charge in [0.25, 0.3) is 0 Å². The fourth-order valence-corrected chi connectivity index (χ4v) is 4.36. The van der Waals surface area contributed by atoms with E-state index in [1.807, 2.05) is 69.4 Å². The Hall–Kier alpha value is -3.87. The number of pyridine rings is 1. The van der Waals surface area contributed by atoms with Gasteiger partial charge in [-0.1, -0.05) is 45.0 Å². The zero-order valence-electron chi connectivity index (χ0n) is 20.9. The van der Waals surface area contributed by atoms with Crippen molar-refractivity contribution in [1.82, 2.24) is 19.6 Å². The summed E-state index contributed by atoms with van der Waals surface area (Å²) >= 11 is 0. The normalized spacial score (nSPS) is 15.7. The SMILES string of the molecule is CC.CC/C=C(/O)c1cccc(-c2cc(Nc3cccc(N4CCCC4C)n3)c3nccn3n2)c1. The minimum absolute atomic E-state index is 0.276. The molecule has 0 spiro atoms. The third-order valence-electron chi connectivity index (χ3n) is 6.06. The fraction of sp³-hybridized carbons (Fsp3) is 0.321. The summed E-state index contributed by atoms with van der Waals surface area (Å²) in [5, 5.41) is 18.5. The van der Waals surface area contributed by atoms with E-state index in [1.54, 1.807) is 16.8 Å². The number of aliphatic hydroxyl groups is 1. The topological polar surface area (TPSA) is 78.6 Å². The standard InChI is InChI=1S/C26H28N6O.C2H6/c1-3-7-23(33)20-10-4-9-19(16-20)21-17-22(26-27-13-15-32(26)30-21)28-24-11-5-12-25(29-24)31-14-6-8-18(31)2;1-2/h4-5,7,9-13,15-18,33H,3,6,8,14H2,1-2H3,(H,28,29);1-2H3/b23-7+;. The highest BCUT2D eigenvalue weighted by Crippen LogP contribution is 2.29. The highest BCUT2D eigenvalue weighted by atomic mass is 16.3. The van der Waals surface area contributed by atoms with Crippen molar-refractivity contribution >= 4 is 28.7 Å². The summed E-state index contributed by atoms with van der Waals surface area (Å²) in [4.78, 5) is 11.7. The number of fused-ring (bicyclic) bond motifs is 1. The van der Waals surface area contributed by atoms with E-state index >= 15 is 0 Å². The monoisotopic (exact) mass is 470 g/mol. The number of aromatic nitrogens is 4. The van der Waals surface area contributed by atoms with Crippen LogP contribution in [0, 0.1) is 0 Å². The van der Waals surface area contributed by atoms with Gasteiger partial charge < -0.3 is 15.3 Å². The molecule has 2 N–H and O–H groups in total. The highest BCUT2D eigenvalue weighted by Gasteiger charge is 2.21. The number of hydrogen-bond acceptors (Lipinski definition) is 6. The second-order valence-electron chi connectivity index (χ2n) is 8.41. The fourth-order valence-electron chi connectivity index (χ4n) is 4.36. The second kappa shape index (κ2) is 11.0. The van der Waals surface area contributed by atoms with Gasteiger partial charge in [-0.05, 0) is 56.5 Å². The molecule has 0 radical (unpaired) electrons. The van der Waals surface area contributed by atoms with Gasteiger partial charge in [-0.25, -0.2) is 14.5 Å². The molecule has 1 aromatic carbocycles. The summed E-state index contributed by atoms with van der Waals surface area (Å²) in [5.74, 6) is 2.04. The van der Waals surface area contributed by atoms with Crippen LogP contribution in [0.3, 0.4) is 0 Å². The zero-order chi connectivity index (χ0) is 24.8. The Morgan fingerprint density at radius 3 is 2.77 bits per heavy atom. The third-order valence-corrected chi connectivity index (χ3v) is 6.06. The first-order chi connectivity index (χ1) is 17.1. The van der Waals surface area contributed by atoms with Crippen LogP contribution in [0.15, 0.2) is 67.0 Å². The Morgan fingerprint density at radius 2 is 2.00 bits per heavy atom. The average molecular weight is 471 g/mol. The lowest BCUT2D eigenvalue weighted by molar-refractivity contribution is 0.509. The van der Waals surface area contributed by atoms with Gasteiger partial charge in [0, 0.05) is 36.1 Å². The van der Waals surface area contributed by atoms with Crippen molar-refractivity contribution in [3.05, 3.63) is 72.6 Å². The molecule has 3 aromatic heterocycles. The van der Waals surface area contributed by atoms with E-state index in [9.17, 15) is 5.11 Å². The van der Waals surface area contributed by atoms with Gasteiger partial charge in [-0.15, -0.1) is 0 Å². The quantitative estimate of drug-likeness (QED) is 0.300. The first-order valence-corrected chi connectivity index (χ1v) is 12.5. The molecule has 0 amide bonds. The minimum Gasteiger partial charge on any atom is -0.508 e. The summed E-state index contributed by atoms with van der Waals surface area (Å²) in [7, 11) is 0. The molecule has 0 aliphatic carbocycles. The summed E-state index contributed by atoms with van der Waals surface area (Å²) < 4.78 is 1.76. The largest absolute Gasteiger partial charge is 0.508 e. The van der Waals surface area contributed by atoms with Gasteiger partial charge in [-0.3, -0.25) is 0 Å². The lowest BCUT2D eigenvalue weighted by atomic mass is 10.1. The predicted molar refractivity (Wildman–Crippen MR) is 144 cm³/mol. The third kappa shape index (κ3) is 5.29. The smallest absolute Gasteiger partial charge is 0.177 e. The molecule has 7 heteroatoms. The lowest BCUT2D eigenvalue weighted by Gasteiger charge is -2.23. The summed E-state index contributed by atoms with van der Waals surface area (Å²) in [6, 6.07) is 16.3. The van der Waals surface area contributed by atoms with Crippen LogP contribution in [0.25, 0.3) is 22.7 Å². The van der Waals surface area contributed by atoms with Crippen molar-refractivity contribution in [2.24, 2.45) is 0 Å². The van der Waals surface area contributed by atoms with E-state index in [-0.39, 0.29) is 5.76 Å². The van der Waals surface area contributed by atoms with Crippen molar-refractivity contribution in [1.29, 1.82) is 0 Å². The molecule has 1 aliphatic rings. The van der Waals surface area contributed by atoms with Gasteiger partial charge >= 0.3 is 0 Å². The van der Waals surface area contributed by atoms with Crippen molar-refractivity contribution < 1.29 is 5.11 Å². The number of rotatable bonds is 6. The van der Waals surface area contributed by atoms with Crippen LogP contribution < -0.4 is 10.2 Å². The molecule has 35 heavy (non-hydrogen) atoms. The van der Waals surface area contributed by atoms with Crippen molar-refractivity contribution in [2.45, 2.75) is 53.0 Å². The summed E-state index contributed by atoms with van der Waals surface area (Å²) in [6.45, 7) is 9.29. The van der Waals surface area contributed by atoms with Crippen LogP contribution in [-0.4, -0.2) is 37.3 Å². The molecule has 1 atom stereocenters. The van der Waals surface area contributed by atoms with E-state index in [2.05, 4.69) is 28.2 Å². The Labute approximate surface area is 207 Å². The minimum atomic E-state index is 0.276. The number of anilines is 3. The number of benzene rings is 1. The zero-order valence-corrected chi connectivity index (χ0v) is 20.9. The average Bonchev–Trinajstić information content (AvgIpc) is 3.55. The molecule has 1 fully saturated rings. The van der Waals surface area contributed by atoms with Gasteiger partial charge in [0.2, 0.25) is 0 Å². The molecule has 182 valence electrons. The molecule has 4 heterocycles. The van der Waals surface area contributed by atoms with Crippen molar-refractivity contribution in [3.8, 4) is 11.3 Å². The Balaban J connectivity index is 0.00000141. The summed E-state index contributed by atoms with van der Waals surface area (Å²) in [5.41, 5.74) is 4.01. The summed E-state index contributed by atoms with van der Waals surface area (Å²) in [6.07, 6.45) is 8.54. The molecular formula is C28H34N6O. The number of nitrogens with one attached hydrogen (secondary N) is 1. The maximum atomic E-state index is 10.3. The van der Waals surface area contributed by atoms with E-state index in [0.717, 1.165) is 52.8 Å². The number of aliphatic hydroxyl groups excluding tert-OH is 1. The number of hydrogen-bond donors (Lipinski definition) is 2. The van der Waals surface area contributed by atoms with Crippen molar-refractivity contribution in [2.75, 3.05) is 16.8 Å². The molecule has 0 bridgehead atoms. The van der Waals surface area contributed by atoms with Crippen LogP contribution in [0.1, 0.15) is 52.5 Å². The van der Waals surface area contributed by atoms with Crippen LogP contribution in [0.5, 0.6) is 0 Å². The molecule has 5 rings (SSSR count). The maximum absolute atomic E-state index is 10.3. The first-order valence-electron chi connectivity index (χ1n) is 12.5. The van der Waals surface area contributed by atoms with E-state index < -0.39 is 0 Å². The second-order valence-corrected chi connectivity index (χ2v) is 8.41. The lowest BCUT2D eigenvalue weighted by Crippen LogP contribution is -2.27.